The average molecular weight is 461 g/mol. The Labute approximate surface area is 188 Å². The van der Waals surface area contributed by atoms with E-state index >= 15 is 0 Å². The van der Waals surface area contributed by atoms with Gasteiger partial charge in [0.1, 0.15) is 0 Å². The van der Waals surface area contributed by atoms with Gasteiger partial charge in [-0.15, -0.1) is 0 Å². The molecule has 0 radical (unpaired) electrons. The number of hydrogen-bond donors (Lipinski definition) is 2. The molecule has 11 heteroatoms. The summed E-state index contributed by atoms with van der Waals surface area (Å²) in [6, 6.07) is 9.87. The number of amides is 2. The molecule has 0 spiro atoms. The van der Waals surface area contributed by atoms with E-state index in [2.05, 4.69) is 20.8 Å². The molecule has 0 saturated heterocycles. The Morgan fingerprint density at radius 1 is 0.938 bits per heavy atom. The molecule has 3 aromatic rings. The number of halogens is 1. The van der Waals surface area contributed by atoms with Gasteiger partial charge >= 0.3 is 11.8 Å². The lowest BCUT2D eigenvalue weighted by Crippen LogP contribution is -2.34. The van der Waals surface area contributed by atoms with Crippen molar-refractivity contribution in [1.82, 2.24) is 20.8 Å². The minimum absolute atomic E-state index is 0.146. The van der Waals surface area contributed by atoms with E-state index in [9.17, 15) is 9.59 Å². The zero-order valence-corrected chi connectivity index (χ0v) is 18.4. The third-order valence-corrected chi connectivity index (χ3v) is 4.60. The lowest BCUT2D eigenvalue weighted by atomic mass is 10.1. The first-order valence-corrected chi connectivity index (χ1v) is 9.80. The smallest absolute Gasteiger partial charge is 0.316 e. The van der Waals surface area contributed by atoms with Crippen LogP contribution in [-0.4, -0.2) is 56.4 Å². The number of methoxy groups -OCH3 is 3. The van der Waals surface area contributed by atoms with Gasteiger partial charge in [0, 0.05) is 29.2 Å². The van der Waals surface area contributed by atoms with Crippen LogP contribution in [-0.2, 0) is 0 Å². The molecule has 0 unspecified atom stereocenters. The zero-order chi connectivity index (χ0) is 23.1. The van der Waals surface area contributed by atoms with Crippen LogP contribution in [0, 0.1) is 0 Å². The molecule has 0 atom stereocenters. The molecule has 1 heterocycles. The largest absolute Gasteiger partial charge is 0.493 e. The number of hydrogen-bond acceptors (Lipinski definition) is 8. The Morgan fingerprint density at radius 3 is 2.09 bits per heavy atom. The Morgan fingerprint density at radius 2 is 1.53 bits per heavy atom. The summed E-state index contributed by atoms with van der Waals surface area (Å²) in [5.74, 6) is 0.252. The standard InChI is InChI=1S/C21H21ClN4O6/c1-29-15-10-13(11-16(30-2)17(15)31-3)19(27)23-8-9-24-20(28)21-25-18(26-32-21)12-4-6-14(22)7-5-12/h4-7,10-11H,8-9H2,1-3H3,(H,23,27)(H,24,28). The summed E-state index contributed by atoms with van der Waals surface area (Å²) in [4.78, 5) is 28.7. The number of rotatable bonds is 9. The number of ether oxygens (including phenoxy) is 3. The molecule has 3 rings (SSSR count). The lowest BCUT2D eigenvalue weighted by molar-refractivity contribution is 0.0898. The molecule has 0 saturated carbocycles. The highest BCUT2D eigenvalue weighted by atomic mass is 35.5. The fourth-order valence-electron chi connectivity index (χ4n) is 2.77. The first-order chi connectivity index (χ1) is 15.5. The molecule has 168 valence electrons. The van der Waals surface area contributed by atoms with Gasteiger partial charge in [-0.05, 0) is 36.4 Å². The van der Waals surface area contributed by atoms with E-state index in [1.165, 1.54) is 33.5 Å². The van der Waals surface area contributed by atoms with Crippen molar-refractivity contribution in [3.05, 3.63) is 52.9 Å². The van der Waals surface area contributed by atoms with E-state index in [1.54, 1.807) is 24.3 Å². The van der Waals surface area contributed by atoms with Crippen molar-refractivity contribution in [1.29, 1.82) is 0 Å². The number of nitrogens with one attached hydrogen (secondary N) is 2. The minimum Gasteiger partial charge on any atom is -0.493 e. The quantitative estimate of drug-likeness (QED) is 0.467. The summed E-state index contributed by atoms with van der Waals surface area (Å²) < 4.78 is 20.7. The van der Waals surface area contributed by atoms with Crippen LogP contribution in [0.3, 0.4) is 0 Å². The third kappa shape index (κ3) is 5.27. The van der Waals surface area contributed by atoms with Gasteiger partial charge in [-0.3, -0.25) is 9.59 Å². The van der Waals surface area contributed by atoms with Gasteiger partial charge in [0.25, 0.3) is 5.91 Å². The molecule has 0 aliphatic carbocycles. The predicted molar refractivity (Wildman–Crippen MR) is 116 cm³/mol. The van der Waals surface area contributed by atoms with Crippen LogP contribution in [0.1, 0.15) is 21.0 Å². The SMILES string of the molecule is COc1cc(C(=O)NCCNC(=O)c2nc(-c3ccc(Cl)cc3)no2)cc(OC)c1OC. The number of carbonyl (C=O) groups is 2. The van der Waals surface area contributed by atoms with Gasteiger partial charge in [0.05, 0.1) is 21.3 Å². The summed E-state index contributed by atoms with van der Waals surface area (Å²) in [6.45, 7) is 0.313. The third-order valence-electron chi connectivity index (χ3n) is 4.35. The van der Waals surface area contributed by atoms with Crippen LogP contribution < -0.4 is 24.8 Å². The summed E-state index contributed by atoms with van der Waals surface area (Å²) in [7, 11) is 4.40. The summed E-state index contributed by atoms with van der Waals surface area (Å²) >= 11 is 5.85. The van der Waals surface area contributed by atoms with Crippen LogP contribution >= 0.6 is 11.6 Å². The average Bonchev–Trinajstić information content (AvgIpc) is 3.31. The monoisotopic (exact) mass is 460 g/mol. The number of benzene rings is 2. The van der Waals surface area contributed by atoms with Crippen molar-refractivity contribution in [2.75, 3.05) is 34.4 Å². The Bertz CT molecular complexity index is 1070. The molecule has 32 heavy (non-hydrogen) atoms. The summed E-state index contributed by atoms with van der Waals surface area (Å²) in [5.41, 5.74) is 0.977. The first-order valence-electron chi connectivity index (χ1n) is 9.43. The minimum atomic E-state index is -0.556. The second-order valence-electron chi connectivity index (χ2n) is 6.36. The number of carbonyl (C=O) groups excluding carboxylic acids is 2. The van der Waals surface area contributed by atoms with Crippen LogP contribution in [0.5, 0.6) is 17.2 Å². The topological polar surface area (TPSA) is 125 Å². The van der Waals surface area contributed by atoms with Crippen molar-refractivity contribution < 1.29 is 28.3 Å². The molecule has 0 fully saturated rings. The highest BCUT2D eigenvalue weighted by Crippen LogP contribution is 2.38. The second kappa shape index (κ2) is 10.5. The van der Waals surface area contributed by atoms with E-state index in [0.29, 0.717) is 33.4 Å². The maximum absolute atomic E-state index is 12.5. The van der Waals surface area contributed by atoms with Gasteiger partial charge in [-0.25, -0.2) is 0 Å². The Balaban J connectivity index is 1.53. The molecule has 0 bridgehead atoms. The van der Waals surface area contributed by atoms with Crippen molar-refractivity contribution in [3.8, 4) is 28.6 Å². The Hall–Kier alpha value is -3.79. The van der Waals surface area contributed by atoms with E-state index in [1.807, 2.05) is 0 Å². The molecule has 1 aromatic heterocycles. The van der Waals surface area contributed by atoms with E-state index in [-0.39, 0.29) is 30.7 Å². The van der Waals surface area contributed by atoms with Gasteiger partial charge in [0.15, 0.2) is 11.5 Å². The van der Waals surface area contributed by atoms with Gasteiger partial charge in [-0.2, -0.15) is 4.98 Å². The maximum atomic E-state index is 12.5. The predicted octanol–water partition coefficient (Wildman–Crippen LogP) is 2.58. The zero-order valence-electron chi connectivity index (χ0n) is 17.6. The molecule has 2 amide bonds. The summed E-state index contributed by atoms with van der Waals surface area (Å²) in [6.07, 6.45) is 0. The van der Waals surface area contributed by atoms with Crippen LogP contribution in [0.15, 0.2) is 40.9 Å². The second-order valence-corrected chi connectivity index (χ2v) is 6.79. The number of aromatic nitrogens is 2. The fraction of sp³-hybridized carbons (Fsp3) is 0.238. The fourth-order valence-corrected chi connectivity index (χ4v) is 2.90. The van der Waals surface area contributed by atoms with Gasteiger partial charge in [0.2, 0.25) is 11.6 Å². The molecule has 2 aromatic carbocycles. The maximum Gasteiger partial charge on any atom is 0.316 e. The van der Waals surface area contributed by atoms with E-state index in [4.69, 9.17) is 30.3 Å². The van der Waals surface area contributed by atoms with Crippen molar-refractivity contribution in [2.45, 2.75) is 0 Å². The normalized spacial score (nSPS) is 10.4. The van der Waals surface area contributed by atoms with Crippen LogP contribution in [0.25, 0.3) is 11.4 Å². The van der Waals surface area contributed by atoms with E-state index in [0.717, 1.165) is 0 Å². The highest BCUT2D eigenvalue weighted by molar-refractivity contribution is 6.30. The van der Waals surface area contributed by atoms with Crippen LogP contribution in [0.4, 0.5) is 0 Å². The molecular weight excluding hydrogens is 440 g/mol. The van der Waals surface area contributed by atoms with E-state index < -0.39 is 5.91 Å². The molecular formula is C21H21ClN4O6. The van der Waals surface area contributed by atoms with Crippen molar-refractivity contribution in [3.63, 3.8) is 0 Å². The van der Waals surface area contributed by atoms with Gasteiger partial charge < -0.3 is 29.4 Å². The van der Waals surface area contributed by atoms with Crippen molar-refractivity contribution >= 4 is 23.4 Å². The lowest BCUT2D eigenvalue weighted by Gasteiger charge is -2.14. The molecule has 2 N–H and O–H groups in total. The van der Waals surface area contributed by atoms with Crippen LogP contribution in [0.2, 0.25) is 5.02 Å². The first kappa shape index (κ1) is 22.9. The summed E-state index contributed by atoms with van der Waals surface area (Å²) in [5, 5.41) is 9.66. The molecule has 0 aliphatic heterocycles. The Kier molecular flexibility index (Phi) is 7.50. The number of nitrogens with zero attached hydrogens (tertiary/aromatic N) is 2. The van der Waals surface area contributed by atoms with Gasteiger partial charge in [-0.1, -0.05) is 16.8 Å². The highest BCUT2D eigenvalue weighted by Gasteiger charge is 2.18. The van der Waals surface area contributed by atoms with Crippen molar-refractivity contribution in [2.24, 2.45) is 0 Å². The molecule has 0 aliphatic rings. The molecule has 10 nitrogen and oxygen atoms in total.